The van der Waals surface area contributed by atoms with Crippen LogP contribution in [-0.2, 0) is 19.1 Å². The van der Waals surface area contributed by atoms with E-state index in [2.05, 4.69) is 0 Å². The summed E-state index contributed by atoms with van der Waals surface area (Å²) in [6.45, 7) is 0. The number of rotatable bonds is 4. The van der Waals surface area contributed by atoms with Crippen molar-refractivity contribution in [2.75, 3.05) is 11.2 Å². The maximum absolute atomic E-state index is 12.4. The molecule has 0 saturated carbocycles. The van der Waals surface area contributed by atoms with Crippen molar-refractivity contribution in [3.63, 3.8) is 0 Å². The summed E-state index contributed by atoms with van der Waals surface area (Å²) in [5.74, 6) is -0.356. The van der Waals surface area contributed by atoms with Gasteiger partial charge in [-0.1, -0.05) is 48.5 Å². The third-order valence-electron chi connectivity index (χ3n) is 3.50. The molecule has 0 aliphatic carbocycles. The Morgan fingerprint density at radius 3 is 2.05 bits per heavy atom. The van der Waals surface area contributed by atoms with E-state index in [1.807, 2.05) is 60.7 Å². The summed E-state index contributed by atoms with van der Waals surface area (Å²) in [4.78, 5) is 13.9. The minimum Gasteiger partial charge on any atom is -0.299 e. The number of amides is 1. The minimum absolute atomic E-state index is 0.356. The normalized spacial score (nSPS) is 21.5. The topological polar surface area (TPSA) is 63.7 Å². The summed E-state index contributed by atoms with van der Waals surface area (Å²) in [6.07, 6.45) is -0.0642. The zero-order chi connectivity index (χ0) is 15.7. The van der Waals surface area contributed by atoms with E-state index in [0.717, 1.165) is 17.5 Å². The van der Waals surface area contributed by atoms with E-state index in [1.54, 1.807) is 4.90 Å². The van der Waals surface area contributed by atoms with E-state index in [-0.39, 0.29) is 5.91 Å². The molecule has 2 aromatic carbocycles. The van der Waals surface area contributed by atoms with Crippen LogP contribution >= 0.6 is 0 Å². The molecule has 0 radical (unpaired) electrons. The fraction of sp³-hybridized carbons (Fsp3) is 0.188. The van der Waals surface area contributed by atoms with Gasteiger partial charge in [-0.3, -0.25) is 13.9 Å². The van der Waals surface area contributed by atoms with Crippen molar-refractivity contribution in [2.24, 2.45) is 0 Å². The SMILES string of the molecule is CS(=O)(=O)OC1C(=O)N(c2ccccc2)C1c1ccccc1. The molecule has 1 amide bonds. The summed E-state index contributed by atoms with van der Waals surface area (Å²) in [5, 5.41) is 0. The summed E-state index contributed by atoms with van der Waals surface area (Å²) in [6, 6.07) is 17.9. The number of carbonyl (C=O) groups is 1. The van der Waals surface area contributed by atoms with E-state index in [1.165, 1.54) is 0 Å². The largest absolute Gasteiger partial charge is 0.299 e. The van der Waals surface area contributed by atoms with E-state index in [9.17, 15) is 13.2 Å². The number of β-lactam (4-membered cyclic amide) rings is 1. The van der Waals surface area contributed by atoms with Gasteiger partial charge < -0.3 is 0 Å². The van der Waals surface area contributed by atoms with Gasteiger partial charge in [-0.25, -0.2) is 0 Å². The number of hydrogen-bond donors (Lipinski definition) is 0. The number of nitrogens with zero attached hydrogens (tertiary/aromatic N) is 1. The fourth-order valence-electron chi connectivity index (χ4n) is 2.60. The summed E-state index contributed by atoms with van der Waals surface area (Å²) >= 11 is 0. The van der Waals surface area contributed by atoms with Crippen molar-refractivity contribution in [2.45, 2.75) is 12.1 Å². The van der Waals surface area contributed by atoms with Crippen molar-refractivity contribution in [3.8, 4) is 0 Å². The van der Waals surface area contributed by atoms with E-state index < -0.39 is 22.3 Å². The molecule has 0 aromatic heterocycles. The Hall–Kier alpha value is -2.18. The van der Waals surface area contributed by atoms with Gasteiger partial charge in [-0.15, -0.1) is 0 Å². The Labute approximate surface area is 129 Å². The minimum atomic E-state index is -3.71. The Kier molecular flexibility index (Phi) is 3.72. The molecule has 1 aliphatic rings. The zero-order valence-electron chi connectivity index (χ0n) is 11.9. The second-order valence-corrected chi connectivity index (χ2v) is 6.72. The highest BCUT2D eigenvalue weighted by Crippen LogP contribution is 2.41. The van der Waals surface area contributed by atoms with Crippen molar-refractivity contribution in [1.29, 1.82) is 0 Å². The first-order chi connectivity index (χ1) is 10.5. The third-order valence-corrected chi connectivity index (χ3v) is 4.06. The first-order valence-electron chi connectivity index (χ1n) is 6.79. The molecule has 1 fully saturated rings. The van der Waals surface area contributed by atoms with Gasteiger partial charge in [-0.2, -0.15) is 8.42 Å². The van der Waals surface area contributed by atoms with Crippen LogP contribution in [0.15, 0.2) is 60.7 Å². The quantitative estimate of drug-likeness (QED) is 0.640. The molecule has 0 bridgehead atoms. The highest BCUT2D eigenvalue weighted by Gasteiger charge is 2.51. The van der Waals surface area contributed by atoms with Crippen molar-refractivity contribution in [3.05, 3.63) is 66.2 Å². The average molecular weight is 317 g/mol. The molecule has 0 spiro atoms. The smallest absolute Gasteiger partial charge is 0.265 e. The molecule has 2 unspecified atom stereocenters. The predicted molar refractivity (Wildman–Crippen MR) is 82.8 cm³/mol. The Bertz CT molecular complexity index is 774. The number of para-hydroxylation sites is 1. The maximum Gasteiger partial charge on any atom is 0.265 e. The van der Waals surface area contributed by atoms with Crippen LogP contribution in [0.3, 0.4) is 0 Å². The van der Waals surface area contributed by atoms with Gasteiger partial charge in [0.15, 0.2) is 6.10 Å². The lowest BCUT2D eigenvalue weighted by Gasteiger charge is -2.46. The molecule has 22 heavy (non-hydrogen) atoms. The third kappa shape index (κ3) is 2.75. The number of carbonyl (C=O) groups excluding carboxylic acids is 1. The Balaban J connectivity index is 1.99. The van der Waals surface area contributed by atoms with Gasteiger partial charge in [0.25, 0.3) is 16.0 Å². The predicted octanol–water partition coefficient (Wildman–Crippen LogP) is 2.12. The van der Waals surface area contributed by atoms with E-state index in [0.29, 0.717) is 0 Å². The van der Waals surface area contributed by atoms with Crippen molar-refractivity contribution < 1.29 is 17.4 Å². The molecule has 5 nitrogen and oxygen atoms in total. The van der Waals surface area contributed by atoms with Crippen LogP contribution in [0.25, 0.3) is 0 Å². The molecule has 3 rings (SSSR count). The van der Waals surface area contributed by atoms with Gasteiger partial charge in [0.2, 0.25) is 0 Å². The Morgan fingerprint density at radius 1 is 0.955 bits per heavy atom. The van der Waals surface area contributed by atoms with Crippen LogP contribution < -0.4 is 4.90 Å². The van der Waals surface area contributed by atoms with Crippen LogP contribution in [-0.4, -0.2) is 26.7 Å². The fourth-order valence-corrected chi connectivity index (χ4v) is 3.16. The molecule has 1 saturated heterocycles. The molecule has 2 atom stereocenters. The first-order valence-corrected chi connectivity index (χ1v) is 8.60. The monoisotopic (exact) mass is 317 g/mol. The van der Waals surface area contributed by atoms with Crippen LogP contribution in [0.1, 0.15) is 11.6 Å². The lowest BCUT2D eigenvalue weighted by atomic mass is 9.90. The van der Waals surface area contributed by atoms with Crippen LogP contribution in [0.4, 0.5) is 5.69 Å². The van der Waals surface area contributed by atoms with Crippen LogP contribution in [0.5, 0.6) is 0 Å². The molecular formula is C16H15NO4S. The standard InChI is InChI=1S/C16H15NO4S/c1-22(19,20)21-15-14(12-8-4-2-5-9-12)17(16(15)18)13-10-6-3-7-11-13/h2-11,14-15H,1H3. The number of hydrogen-bond acceptors (Lipinski definition) is 4. The molecule has 1 heterocycles. The van der Waals surface area contributed by atoms with Gasteiger partial charge in [0.05, 0.1) is 12.3 Å². The summed E-state index contributed by atoms with van der Waals surface area (Å²) in [5.41, 5.74) is 1.55. The highest BCUT2D eigenvalue weighted by atomic mass is 32.2. The lowest BCUT2D eigenvalue weighted by molar-refractivity contribution is -0.134. The summed E-state index contributed by atoms with van der Waals surface area (Å²) in [7, 11) is -3.71. The highest BCUT2D eigenvalue weighted by molar-refractivity contribution is 7.86. The summed E-state index contributed by atoms with van der Waals surface area (Å²) < 4.78 is 27.8. The second-order valence-electron chi connectivity index (χ2n) is 5.12. The molecular weight excluding hydrogens is 302 g/mol. The van der Waals surface area contributed by atoms with Gasteiger partial charge in [0.1, 0.15) is 0 Å². The van der Waals surface area contributed by atoms with E-state index >= 15 is 0 Å². The van der Waals surface area contributed by atoms with Gasteiger partial charge >= 0.3 is 0 Å². The number of anilines is 1. The van der Waals surface area contributed by atoms with Crippen LogP contribution in [0.2, 0.25) is 0 Å². The van der Waals surface area contributed by atoms with Gasteiger partial charge in [0, 0.05) is 5.69 Å². The zero-order valence-corrected chi connectivity index (χ0v) is 12.7. The molecule has 2 aromatic rings. The molecule has 0 N–H and O–H groups in total. The Morgan fingerprint density at radius 2 is 1.50 bits per heavy atom. The van der Waals surface area contributed by atoms with E-state index in [4.69, 9.17) is 4.18 Å². The van der Waals surface area contributed by atoms with Gasteiger partial charge in [-0.05, 0) is 17.7 Å². The second kappa shape index (κ2) is 5.55. The lowest BCUT2D eigenvalue weighted by Crippen LogP contribution is -2.60. The molecule has 6 heteroatoms. The molecule has 1 aliphatic heterocycles. The average Bonchev–Trinajstić information content (AvgIpc) is 2.51. The van der Waals surface area contributed by atoms with Crippen molar-refractivity contribution >= 4 is 21.7 Å². The number of benzene rings is 2. The maximum atomic E-state index is 12.4. The first kappa shape index (κ1) is 14.7. The molecule has 114 valence electrons. The van der Waals surface area contributed by atoms with Crippen LogP contribution in [0, 0.1) is 0 Å². The van der Waals surface area contributed by atoms with Crippen molar-refractivity contribution in [1.82, 2.24) is 0 Å².